The molecule has 1 aromatic carbocycles. The zero-order valence-corrected chi connectivity index (χ0v) is 18.7. The maximum Gasteiger partial charge on any atom is 0.303 e. The van der Waals surface area contributed by atoms with Crippen molar-refractivity contribution in [2.24, 2.45) is 0 Å². The highest BCUT2D eigenvalue weighted by atomic mass is 16.4. The van der Waals surface area contributed by atoms with Gasteiger partial charge in [0.1, 0.15) is 0 Å². The summed E-state index contributed by atoms with van der Waals surface area (Å²) < 4.78 is 0. The van der Waals surface area contributed by atoms with Crippen LogP contribution in [0.3, 0.4) is 0 Å². The number of benzene rings is 1. The molecule has 0 aliphatic rings. The summed E-state index contributed by atoms with van der Waals surface area (Å²) >= 11 is 0. The molecule has 0 saturated heterocycles. The van der Waals surface area contributed by atoms with Gasteiger partial charge in [0.2, 0.25) is 0 Å². The first-order chi connectivity index (χ1) is 13.6. The maximum atomic E-state index is 10.3. The molecule has 0 fully saturated rings. The molecule has 0 saturated carbocycles. The number of aliphatic carboxylic acids is 1. The third-order valence-electron chi connectivity index (χ3n) is 5.08. The minimum Gasteiger partial charge on any atom is -0.481 e. The molecule has 1 rings (SSSR count). The molecular weight excluding hydrogens is 344 g/mol. The summed E-state index contributed by atoms with van der Waals surface area (Å²) in [6.07, 6.45) is 21.2. The molecule has 0 aromatic heterocycles. The average Bonchev–Trinajstić information content (AvgIpc) is 2.67. The van der Waals surface area contributed by atoms with Gasteiger partial charge in [-0.1, -0.05) is 94.7 Å². The van der Waals surface area contributed by atoms with E-state index in [4.69, 9.17) is 5.11 Å². The van der Waals surface area contributed by atoms with Crippen LogP contribution in [0.2, 0.25) is 0 Å². The highest BCUT2D eigenvalue weighted by molar-refractivity contribution is 5.66. The number of hydrogen-bond donors (Lipinski definition) is 1. The van der Waals surface area contributed by atoms with Gasteiger partial charge in [-0.05, 0) is 57.1 Å². The van der Waals surface area contributed by atoms with Crippen LogP contribution in [0.5, 0.6) is 0 Å². The number of hydrogen-bond acceptors (Lipinski definition) is 1. The van der Waals surface area contributed by atoms with Gasteiger partial charge in [-0.25, -0.2) is 0 Å². The predicted molar refractivity (Wildman–Crippen MR) is 123 cm³/mol. The molecule has 0 atom stereocenters. The fourth-order valence-electron chi connectivity index (χ4n) is 3.01. The first-order valence-corrected chi connectivity index (χ1v) is 11.5. The molecule has 0 spiro atoms. The summed E-state index contributed by atoms with van der Waals surface area (Å²) in [7, 11) is 0. The molecule has 0 radical (unpaired) electrons. The van der Waals surface area contributed by atoms with Crippen molar-refractivity contribution >= 4 is 5.97 Å². The largest absolute Gasteiger partial charge is 0.481 e. The van der Waals surface area contributed by atoms with E-state index in [0.717, 1.165) is 12.8 Å². The van der Waals surface area contributed by atoms with Crippen molar-refractivity contribution in [1.82, 2.24) is 0 Å². The van der Waals surface area contributed by atoms with Gasteiger partial charge in [0.25, 0.3) is 0 Å². The van der Waals surface area contributed by atoms with Crippen molar-refractivity contribution in [2.75, 3.05) is 0 Å². The van der Waals surface area contributed by atoms with Crippen LogP contribution in [-0.4, -0.2) is 11.1 Å². The second-order valence-corrected chi connectivity index (χ2v) is 7.81. The smallest absolute Gasteiger partial charge is 0.303 e. The predicted octanol–water partition coefficient (Wildman–Crippen LogP) is 8.41. The number of rotatable bonds is 15. The fourth-order valence-corrected chi connectivity index (χ4v) is 3.01. The molecular formula is C26H44O2. The Kier molecular flexibility index (Phi) is 19.0. The van der Waals surface area contributed by atoms with Gasteiger partial charge in [-0.3, -0.25) is 4.79 Å². The Morgan fingerprint density at radius 1 is 0.750 bits per heavy atom. The third-order valence-corrected chi connectivity index (χ3v) is 5.08. The van der Waals surface area contributed by atoms with Crippen LogP contribution in [0.4, 0.5) is 0 Å². The van der Waals surface area contributed by atoms with Crippen molar-refractivity contribution in [3.05, 3.63) is 47.5 Å². The van der Waals surface area contributed by atoms with Crippen molar-refractivity contribution in [1.29, 1.82) is 0 Å². The summed E-state index contributed by atoms with van der Waals surface area (Å²) in [5, 5.41) is 8.51. The first-order valence-electron chi connectivity index (χ1n) is 11.5. The van der Waals surface area contributed by atoms with E-state index in [9.17, 15) is 4.79 Å². The lowest BCUT2D eigenvalue weighted by Gasteiger charge is -1.99. The molecule has 0 aliphatic carbocycles. The molecule has 160 valence electrons. The number of aryl methyl sites for hydroxylation is 2. The van der Waals surface area contributed by atoms with E-state index in [1.165, 1.54) is 81.8 Å². The quantitative estimate of drug-likeness (QED) is 0.242. The molecule has 0 bridgehead atoms. The highest BCUT2D eigenvalue weighted by Gasteiger charge is 1.95. The number of unbranched alkanes of at least 4 members (excludes halogenated alkanes) is 11. The molecule has 28 heavy (non-hydrogen) atoms. The average molecular weight is 389 g/mol. The lowest BCUT2D eigenvalue weighted by molar-refractivity contribution is -0.137. The van der Waals surface area contributed by atoms with Crippen molar-refractivity contribution in [3.8, 4) is 0 Å². The van der Waals surface area contributed by atoms with Crippen molar-refractivity contribution in [3.63, 3.8) is 0 Å². The van der Waals surface area contributed by atoms with Gasteiger partial charge in [0, 0.05) is 6.42 Å². The van der Waals surface area contributed by atoms with Crippen LogP contribution in [0, 0.1) is 13.8 Å². The van der Waals surface area contributed by atoms with Crippen molar-refractivity contribution < 1.29 is 9.90 Å². The van der Waals surface area contributed by atoms with E-state index in [2.05, 4.69) is 57.2 Å². The highest BCUT2D eigenvalue weighted by Crippen LogP contribution is 2.09. The van der Waals surface area contributed by atoms with Crippen LogP contribution >= 0.6 is 0 Å². The van der Waals surface area contributed by atoms with Crippen molar-refractivity contribution in [2.45, 2.75) is 111 Å². The Labute approximate surface area is 174 Å². The lowest BCUT2D eigenvalue weighted by atomic mass is 10.1. The van der Waals surface area contributed by atoms with Gasteiger partial charge >= 0.3 is 5.97 Å². The molecule has 1 N–H and O–H groups in total. The van der Waals surface area contributed by atoms with Crippen LogP contribution in [0.1, 0.15) is 108 Å². The molecule has 0 aliphatic heterocycles. The first kappa shape index (κ1) is 26.4. The van der Waals surface area contributed by atoms with E-state index < -0.39 is 5.97 Å². The van der Waals surface area contributed by atoms with Gasteiger partial charge in [0.15, 0.2) is 0 Å². The number of allylic oxidation sites excluding steroid dienone is 2. The molecule has 2 heteroatoms. The summed E-state index contributed by atoms with van der Waals surface area (Å²) in [5.74, 6) is -0.664. The van der Waals surface area contributed by atoms with Crippen LogP contribution in [-0.2, 0) is 4.79 Å². The summed E-state index contributed by atoms with van der Waals surface area (Å²) in [6.45, 7) is 6.50. The Balaban J connectivity index is 0.000000749. The zero-order valence-electron chi connectivity index (χ0n) is 18.7. The molecule has 0 unspecified atom stereocenters. The van der Waals surface area contributed by atoms with E-state index in [1.54, 1.807) is 0 Å². The van der Waals surface area contributed by atoms with Crippen LogP contribution in [0.15, 0.2) is 36.4 Å². The monoisotopic (exact) mass is 388 g/mol. The summed E-state index contributed by atoms with van der Waals surface area (Å²) in [6, 6.07) is 8.36. The topological polar surface area (TPSA) is 37.3 Å². The second kappa shape index (κ2) is 20.2. The second-order valence-electron chi connectivity index (χ2n) is 7.81. The molecule has 1 aromatic rings. The third kappa shape index (κ3) is 19.2. The summed E-state index contributed by atoms with van der Waals surface area (Å²) in [5.41, 5.74) is 2.74. The van der Waals surface area contributed by atoms with E-state index >= 15 is 0 Å². The van der Waals surface area contributed by atoms with Crippen LogP contribution < -0.4 is 0 Å². The maximum absolute atomic E-state index is 10.3. The van der Waals surface area contributed by atoms with Gasteiger partial charge in [0.05, 0.1) is 0 Å². The SMILES string of the molecule is CCCCCCCCC=CCCCCCCCC(=O)O.Cc1ccccc1C. The Morgan fingerprint density at radius 3 is 1.61 bits per heavy atom. The minimum absolute atomic E-state index is 0.332. The molecule has 2 nitrogen and oxygen atoms in total. The number of carbonyl (C=O) groups is 1. The lowest BCUT2D eigenvalue weighted by Crippen LogP contribution is -1.93. The van der Waals surface area contributed by atoms with E-state index in [-0.39, 0.29) is 0 Å². The van der Waals surface area contributed by atoms with Gasteiger partial charge < -0.3 is 5.11 Å². The Morgan fingerprint density at radius 2 is 1.18 bits per heavy atom. The zero-order chi connectivity index (χ0) is 20.9. The number of carboxylic acids is 1. The standard InChI is InChI=1S/C18H34O2.C8H10/c1-2-3-4-5-6-7-8-9-10-11-12-13-14-15-16-17-18(19)20;1-7-5-3-4-6-8(7)2/h9-10H,2-8,11-17H2,1H3,(H,19,20);3-6H,1-2H3. The number of carboxylic acid groups (broad SMARTS) is 1. The normalized spacial score (nSPS) is 10.7. The van der Waals surface area contributed by atoms with Gasteiger partial charge in [-0.15, -0.1) is 0 Å². The summed E-state index contributed by atoms with van der Waals surface area (Å²) in [4.78, 5) is 10.3. The van der Waals surface area contributed by atoms with E-state index in [1.807, 2.05) is 0 Å². The Hall–Kier alpha value is -1.57. The Bertz CT molecular complexity index is 484. The molecule has 0 heterocycles. The van der Waals surface area contributed by atoms with Crippen LogP contribution in [0.25, 0.3) is 0 Å². The van der Waals surface area contributed by atoms with E-state index in [0.29, 0.717) is 6.42 Å². The molecule has 0 amide bonds. The minimum atomic E-state index is -0.664. The van der Waals surface area contributed by atoms with Gasteiger partial charge in [-0.2, -0.15) is 0 Å². The fraction of sp³-hybridized carbons (Fsp3) is 0.654.